The van der Waals surface area contributed by atoms with Crippen molar-refractivity contribution in [3.8, 4) is 0 Å². The van der Waals surface area contributed by atoms with Gasteiger partial charge in [-0.15, -0.1) is 0 Å². The number of piperidine rings is 1. The van der Waals surface area contributed by atoms with Crippen LogP contribution in [0.3, 0.4) is 0 Å². The van der Waals surface area contributed by atoms with E-state index in [1.54, 1.807) is 0 Å². The summed E-state index contributed by atoms with van der Waals surface area (Å²) in [6.45, 7) is 2.30. The summed E-state index contributed by atoms with van der Waals surface area (Å²) in [5.74, 6) is 0. The summed E-state index contributed by atoms with van der Waals surface area (Å²) in [5.41, 5.74) is 0. The van der Waals surface area contributed by atoms with E-state index in [1.165, 1.54) is 11.1 Å². The molecule has 0 saturated carbocycles. The summed E-state index contributed by atoms with van der Waals surface area (Å²) < 4.78 is 5.29. The van der Waals surface area contributed by atoms with E-state index in [4.69, 9.17) is 4.18 Å². The van der Waals surface area contributed by atoms with Gasteiger partial charge in [0, 0.05) is 13.1 Å². The third kappa shape index (κ3) is 2.70. The average molecular weight is 179 g/mol. The van der Waals surface area contributed by atoms with Crippen molar-refractivity contribution in [2.75, 3.05) is 20.1 Å². The van der Waals surface area contributed by atoms with Crippen LogP contribution in [0.2, 0.25) is 0 Å². The molecule has 0 unspecified atom stereocenters. The number of thiol groups is 1. The van der Waals surface area contributed by atoms with E-state index in [-0.39, 0.29) is 0 Å². The molecule has 0 bridgehead atoms. The fraction of sp³-hybridized carbons (Fsp3) is 1.00. The van der Waals surface area contributed by atoms with Gasteiger partial charge in [0.1, 0.15) is 0 Å². The summed E-state index contributed by atoms with van der Waals surface area (Å²) in [6.07, 6.45) is 2.72. The third-order valence-corrected chi connectivity index (χ3v) is 2.46. The fourth-order valence-corrected chi connectivity index (χ4v) is 1.82. The minimum absolute atomic E-state index is 0.429. The van der Waals surface area contributed by atoms with Gasteiger partial charge in [0.25, 0.3) is 0 Å². The molecule has 2 nitrogen and oxygen atoms in total. The molecule has 0 N–H and O–H groups in total. The Kier molecular flexibility index (Phi) is 3.91. The van der Waals surface area contributed by atoms with Crippen molar-refractivity contribution in [3.05, 3.63) is 0 Å². The molecule has 0 aromatic carbocycles. The lowest BCUT2D eigenvalue weighted by molar-refractivity contribution is 0.136. The lowest BCUT2D eigenvalue weighted by Crippen LogP contribution is -2.33. The molecule has 1 saturated heterocycles. The van der Waals surface area contributed by atoms with Crippen LogP contribution >= 0.6 is 22.7 Å². The topological polar surface area (TPSA) is 12.5 Å². The molecular formula is C6H13NOS2. The Morgan fingerprint density at radius 2 is 2.10 bits per heavy atom. The Labute approximate surface area is 71.3 Å². The molecule has 0 radical (unpaired) electrons. The maximum atomic E-state index is 5.29. The molecule has 0 aromatic heterocycles. The van der Waals surface area contributed by atoms with Crippen molar-refractivity contribution in [1.29, 1.82) is 0 Å². The van der Waals surface area contributed by atoms with E-state index in [2.05, 4.69) is 23.6 Å². The van der Waals surface area contributed by atoms with Crippen molar-refractivity contribution in [3.63, 3.8) is 0 Å². The molecule has 0 amide bonds. The summed E-state index contributed by atoms with van der Waals surface area (Å²) >= 11 is 5.12. The van der Waals surface area contributed by atoms with E-state index in [0.717, 1.165) is 25.9 Å². The first kappa shape index (κ1) is 8.71. The summed E-state index contributed by atoms with van der Waals surface area (Å²) in [5, 5.41) is 0. The molecule has 10 heavy (non-hydrogen) atoms. The van der Waals surface area contributed by atoms with Gasteiger partial charge < -0.3 is 9.08 Å². The molecule has 0 atom stereocenters. The molecule has 0 aromatic rings. The SMILES string of the molecule is CN1CCC(OSS)CC1. The molecule has 1 rings (SSSR count). The number of rotatable bonds is 2. The Morgan fingerprint density at radius 3 is 2.60 bits per heavy atom. The van der Waals surface area contributed by atoms with Crippen molar-refractivity contribution in [2.45, 2.75) is 18.9 Å². The van der Waals surface area contributed by atoms with Crippen LogP contribution in [0.5, 0.6) is 0 Å². The third-order valence-electron chi connectivity index (χ3n) is 1.84. The van der Waals surface area contributed by atoms with Gasteiger partial charge in [-0.3, -0.25) is 0 Å². The summed E-state index contributed by atoms with van der Waals surface area (Å²) in [6, 6.07) is 0. The molecule has 1 aliphatic heterocycles. The fourth-order valence-electron chi connectivity index (χ4n) is 1.14. The molecule has 1 fully saturated rings. The van der Waals surface area contributed by atoms with Crippen LogP contribution in [0.1, 0.15) is 12.8 Å². The Morgan fingerprint density at radius 1 is 1.50 bits per heavy atom. The molecule has 1 heterocycles. The lowest BCUT2D eigenvalue weighted by atomic mass is 10.1. The number of hydrogen-bond acceptors (Lipinski definition) is 4. The molecular weight excluding hydrogens is 166 g/mol. The van der Waals surface area contributed by atoms with Crippen LogP contribution < -0.4 is 0 Å². The van der Waals surface area contributed by atoms with E-state index >= 15 is 0 Å². The number of likely N-dealkylation sites (tertiary alicyclic amines) is 1. The van der Waals surface area contributed by atoms with Gasteiger partial charge in [0.2, 0.25) is 0 Å². The highest BCUT2D eigenvalue weighted by atomic mass is 33.1. The summed E-state index contributed by atoms with van der Waals surface area (Å²) in [4.78, 5) is 2.32. The van der Waals surface area contributed by atoms with Gasteiger partial charge in [-0.2, -0.15) is 0 Å². The first-order chi connectivity index (χ1) is 4.83. The van der Waals surface area contributed by atoms with E-state index < -0.39 is 0 Å². The quantitative estimate of drug-likeness (QED) is 0.393. The van der Waals surface area contributed by atoms with Crippen molar-refractivity contribution >= 4 is 22.7 Å². The second-order valence-corrected chi connectivity index (χ2v) is 3.46. The highest BCUT2D eigenvalue weighted by Gasteiger charge is 2.16. The maximum Gasteiger partial charge on any atom is 0.0756 e. The van der Waals surface area contributed by atoms with Crippen molar-refractivity contribution < 1.29 is 4.18 Å². The van der Waals surface area contributed by atoms with Crippen molar-refractivity contribution in [1.82, 2.24) is 4.90 Å². The smallest absolute Gasteiger partial charge is 0.0756 e. The van der Waals surface area contributed by atoms with Gasteiger partial charge in [-0.05, 0) is 19.9 Å². The number of hydrogen-bond donors (Lipinski definition) is 1. The average Bonchev–Trinajstić information content (AvgIpc) is 1.95. The molecule has 60 valence electrons. The van der Waals surface area contributed by atoms with Gasteiger partial charge in [-0.1, -0.05) is 11.7 Å². The Bertz CT molecular complexity index is 93.7. The van der Waals surface area contributed by atoms with Gasteiger partial charge in [0.15, 0.2) is 0 Å². The zero-order chi connectivity index (χ0) is 7.40. The zero-order valence-corrected chi connectivity index (χ0v) is 7.83. The number of nitrogens with zero attached hydrogens (tertiary/aromatic N) is 1. The molecule has 0 aliphatic carbocycles. The Balaban J connectivity index is 2.13. The second-order valence-electron chi connectivity index (χ2n) is 2.67. The minimum Gasteiger partial charge on any atom is -0.306 e. The van der Waals surface area contributed by atoms with Crippen LogP contribution in [-0.4, -0.2) is 31.1 Å². The zero-order valence-electron chi connectivity index (χ0n) is 6.12. The monoisotopic (exact) mass is 179 g/mol. The van der Waals surface area contributed by atoms with Crippen LogP contribution in [0, 0.1) is 0 Å². The van der Waals surface area contributed by atoms with Crippen molar-refractivity contribution in [2.24, 2.45) is 0 Å². The standard InChI is InChI=1S/C6H13NOS2/c1-7-4-2-6(3-5-7)8-10-9/h6,9H,2-5H2,1H3. The Hall–Kier alpha value is 0.620. The maximum absolute atomic E-state index is 5.29. The van der Waals surface area contributed by atoms with Gasteiger partial charge in [-0.25, -0.2) is 0 Å². The summed E-state index contributed by atoms with van der Waals surface area (Å²) in [7, 11) is 2.14. The molecule has 1 aliphatic rings. The van der Waals surface area contributed by atoms with E-state index in [0.29, 0.717) is 6.10 Å². The van der Waals surface area contributed by atoms with Crippen LogP contribution in [0.15, 0.2) is 0 Å². The highest BCUT2D eigenvalue weighted by molar-refractivity contribution is 8.66. The molecule has 0 spiro atoms. The predicted molar refractivity (Wildman–Crippen MR) is 48.2 cm³/mol. The first-order valence-electron chi connectivity index (χ1n) is 3.48. The second kappa shape index (κ2) is 4.49. The largest absolute Gasteiger partial charge is 0.306 e. The van der Waals surface area contributed by atoms with Crippen LogP contribution in [0.4, 0.5) is 0 Å². The minimum atomic E-state index is 0.429. The highest BCUT2D eigenvalue weighted by Crippen LogP contribution is 2.19. The van der Waals surface area contributed by atoms with Crippen LogP contribution in [0.25, 0.3) is 0 Å². The van der Waals surface area contributed by atoms with Crippen LogP contribution in [-0.2, 0) is 4.18 Å². The normalized spacial score (nSPS) is 23.4. The van der Waals surface area contributed by atoms with Gasteiger partial charge in [0.05, 0.1) is 17.2 Å². The van der Waals surface area contributed by atoms with E-state index in [1.807, 2.05) is 0 Å². The lowest BCUT2D eigenvalue weighted by Gasteiger charge is -2.27. The molecule has 4 heteroatoms. The van der Waals surface area contributed by atoms with Gasteiger partial charge >= 0.3 is 0 Å². The first-order valence-corrected chi connectivity index (χ1v) is 5.28. The van der Waals surface area contributed by atoms with E-state index in [9.17, 15) is 0 Å². The predicted octanol–water partition coefficient (Wildman–Crippen LogP) is 1.59.